The maximum Gasteiger partial charge on any atom is 0.250 e. The fraction of sp³-hybridized carbons (Fsp3) is 0.296. The number of hydrogen-bond acceptors (Lipinski definition) is 8. The lowest BCUT2D eigenvalue weighted by Gasteiger charge is -2.40. The number of methoxy groups -OCH3 is 2. The first-order chi connectivity index (χ1) is 17.3. The number of phenolic OH excluding ortho intramolecular Hbond substituents is 1. The first kappa shape index (κ1) is 23.9. The second kappa shape index (κ2) is 8.70. The number of rotatable bonds is 6. The molecule has 1 aliphatic heterocycles. The molecule has 0 radical (unpaired) electrons. The van der Waals surface area contributed by atoms with Gasteiger partial charge in [-0.15, -0.1) is 0 Å². The van der Waals surface area contributed by atoms with Crippen molar-refractivity contribution in [1.82, 2.24) is 5.48 Å². The summed E-state index contributed by atoms with van der Waals surface area (Å²) in [6.07, 6.45) is -1.64. The predicted molar refractivity (Wildman–Crippen MR) is 128 cm³/mol. The van der Waals surface area contributed by atoms with Crippen molar-refractivity contribution in [1.29, 1.82) is 0 Å². The van der Waals surface area contributed by atoms with E-state index < -0.39 is 35.0 Å². The highest BCUT2D eigenvalue weighted by atomic mass is 16.6. The van der Waals surface area contributed by atoms with E-state index in [1.807, 2.05) is 18.2 Å². The summed E-state index contributed by atoms with van der Waals surface area (Å²) in [7, 11) is 4.22. The van der Waals surface area contributed by atoms with E-state index in [9.17, 15) is 20.1 Å². The molecular formula is C27H27NO8. The quantitative estimate of drug-likeness (QED) is 0.386. The molecule has 0 unspecified atom stereocenters. The smallest absolute Gasteiger partial charge is 0.250 e. The third kappa shape index (κ3) is 3.10. The number of phenols is 1. The zero-order valence-corrected chi connectivity index (χ0v) is 20.0. The zero-order valence-electron chi connectivity index (χ0n) is 20.0. The minimum Gasteiger partial charge on any atom is -0.508 e. The van der Waals surface area contributed by atoms with Crippen molar-refractivity contribution in [3.63, 3.8) is 0 Å². The molecule has 188 valence electrons. The molecule has 5 rings (SSSR count). The maximum atomic E-state index is 13.4. The molecule has 5 atom stereocenters. The van der Waals surface area contributed by atoms with Crippen molar-refractivity contribution in [3.05, 3.63) is 83.4 Å². The number of fused-ring (bicyclic) bond motifs is 3. The Morgan fingerprint density at radius 2 is 1.69 bits per heavy atom. The van der Waals surface area contributed by atoms with E-state index in [2.05, 4.69) is 5.48 Å². The maximum absolute atomic E-state index is 13.4. The summed E-state index contributed by atoms with van der Waals surface area (Å²) in [5.74, 6) is -1.80. The van der Waals surface area contributed by atoms with Crippen LogP contribution in [0.4, 0.5) is 0 Å². The summed E-state index contributed by atoms with van der Waals surface area (Å²) in [6.45, 7) is 0. The third-order valence-corrected chi connectivity index (χ3v) is 7.24. The Morgan fingerprint density at radius 3 is 2.31 bits per heavy atom. The van der Waals surface area contributed by atoms with E-state index in [4.69, 9.17) is 19.0 Å². The molecule has 3 aromatic rings. The van der Waals surface area contributed by atoms with Crippen LogP contribution in [0.1, 0.15) is 22.6 Å². The van der Waals surface area contributed by atoms with Gasteiger partial charge in [0.05, 0.1) is 32.8 Å². The van der Waals surface area contributed by atoms with Crippen molar-refractivity contribution < 1.29 is 39.2 Å². The normalized spacial score (nSPS) is 28.1. The van der Waals surface area contributed by atoms with Gasteiger partial charge >= 0.3 is 0 Å². The average molecular weight is 494 g/mol. The molecule has 3 aromatic carbocycles. The first-order valence-electron chi connectivity index (χ1n) is 11.4. The molecule has 9 nitrogen and oxygen atoms in total. The van der Waals surface area contributed by atoms with Gasteiger partial charge in [-0.3, -0.25) is 9.63 Å². The highest BCUT2D eigenvalue weighted by Crippen LogP contribution is 2.70. The number of hydroxylamine groups is 1. The van der Waals surface area contributed by atoms with Gasteiger partial charge in [-0.25, -0.2) is 5.48 Å². The van der Waals surface area contributed by atoms with Crippen molar-refractivity contribution in [2.24, 2.45) is 5.92 Å². The van der Waals surface area contributed by atoms with Crippen LogP contribution in [0.2, 0.25) is 0 Å². The number of nitrogens with one attached hydrogen (secondary N) is 1. The van der Waals surface area contributed by atoms with Crippen LogP contribution >= 0.6 is 0 Å². The lowest BCUT2D eigenvalue weighted by Crippen LogP contribution is -2.52. The van der Waals surface area contributed by atoms with Gasteiger partial charge in [-0.05, 0) is 23.3 Å². The van der Waals surface area contributed by atoms with Gasteiger partial charge in [-0.2, -0.15) is 0 Å². The van der Waals surface area contributed by atoms with Crippen molar-refractivity contribution in [2.45, 2.75) is 23.2 Å². The van der Waals surface area contributed by atoms with Crippen molar-refractivity contribution in [2.75, 3.05) is 21.3 Å². The number of aromatic hydroxyl groups is 1. The standard InChI is InChI=1S/C27H27NO8/c1-33-18-13-19(34-2)23-20(14-18)36-27(16-9-11-17(29)12-10-16)22(15-7-5-4-6-8-15)21(25(31)28-35-3)24(30)26(23,27)32/h4-14,21-22,24,29-30,32H,1-3H3,(H,28,31)/t21-,22-,24-,26+,27+/m1/s1. The van der Waals surface area contributed by atoms with Gasteiger partial charge in [0, 0.05) is 18.1 Å². The van der Waals surface area contributed by atoms with Crippen molar-refractivity contribution >= 4 is 5.91 Å². The number of carbonyl (C=O) groups excluding carboxylic acids is 1. The highest BCUT2D eigenvalue weighted by molar-refractivity contribution is 5.82. The summed E-state index contributed by atoms with van der Waals surface area (Å²) < 4.78 is 17.7. The van der Waals surface area contributed by atoms with Crippen LogP contribution in [-0.4, -0.2) is 48.7 Å². The molecule has 36 heavy (non-hydrogen) atoms. The Kier molecular flexibility index (Phi) is 5.78. The number of aliphatic hydroxyl groups is 2. The molecule has 0 bridgehead atoms. The Hall–Kier alpha value is -3.79. The van der Waals surface area contributed by atoms with E-state index in [0.717, 1.165) is 0 Å². The molecule has 1 heterocycles. The first-order valence-corrected chi connectivity index (χ1v) is 11.4. The summed E-state index contributed by atoms with van der Waals surface area (Å²) >= 11 is 0. The molecule has 0 spiro atoms. The molecule has 0 aromatic heterocycles. The SMILES string of the molecule is CONC(=O)[C@H]1[C@@H](O)[C@@]2(O)c3c(OC)cc(OC)cc3O[C@@]2(c2ccc(O)cc2)[C@@H]1c1ccccc1. The lowest BCUT2D eigenvalue weighted by molar-refractivity contribution is -0.157. The topological polar surface area (TPSA) is 127 Å². The summed E-state index contributed by atoms with van der Waals surface area (Å²) in [5, 5.41) is 34.5. The fourth-order valence-electron chi connectivity index (χ4n) is 5.83. The number of carbonyl (C=O) groups is 1. The van der Waals surface area contributed by atoms with Crippen LogP contribution in [0.5, 0.6) is 23.0 Å². The van der Waals surface area contributed by atoms with Crippen LogP contribution in [0, 0.1) is 5.92 Å². The number of aliphatic hydroxyl groups excluding tert-OH is 1. The van der Waals surface area contributed by atoms with Gasteiger partial charge in [0.1, 0.15) is 29.1 Å². The van der Waals surface area contributed by atoms with Gasteiger partial charge in [0.25, 0.3) is 0 Å². The number of hydrogen-bond donors (Lipinski definition) is 4. The Morgan fingerprint density at radius 1 is 1.00 bits per heavy atom. The summed E-state index contributed by atoms with van der Waals surface area (Å²) in [6, 6.07) is 18.4. The Labute approximate surface area is 207 Å². The Balaban J connectivity index is 1.88. The number of ether oxygens (including phenoxy) is 3. The molecule has 1 aliphatic carbocycles. The second-order valence-electron chi connectivity index (χ2n) is 8.88. The van der Waals surface area contributed by atoms with E-state index in [1.165, 1.54) is 33.5 Å². The largest absolute Gasteiger partial charge is 0.508 e. The molecule has 0 saturated heterocycles. The number of amides is 1. The molecule has 1 fully saturated rings. The molecular weight excluding hydrogens is 466 g/mol. The summed E-state index contributed by atoms with van der Waals surface area (Å²) in [4.78, 5) is 18.2. The zero-order chi connectivity index (χ0) is 25.7. The van der Waals surface area contributed by atoms with E-state index in [1.54, 1.807) is 36.4 Å². The molecule has 2 aliphatic rings. The van der Waals surface area contributed by atoms with Gasteiger partial charge in [0.2, 0.25) is 5.91 Å². The third-order valence-electron chi connectivity index (χ3n) is 7.24. The fourth-order valence-corrected chi connectivity index (χ4v) is 5.83. The second-order valence-corrected chi connectivity index (χ2v) is 8.88. The van der Waals surface area contributed by atoms with Crippen LogP contribution in [0.3, 0.4) is 0 Å². The molecule has 1 amide bonds. The minimum absolute atomic E-state index is 0.0110. The monoisotopic (exact) mass is 493 g/mol. The average Bonchev–Trinajstić information content (AvgIpc) is 3.27. The molecule has 9 heteroatoms. The van der Waals surface area contributed by atoms with Crippen LogP contribution in [-0.2, 0) is 20.8 Å². The number of benzene rings is 3. The van der Waals surface area contributed by atoms with Gasteiger partial charge < -0.3 is 29.5 Å². The minimum atomic E-state index is -2.15. The van der Waals surface area contributed by atoms with E-state index >= 15 is 0 Å². The highest BCUT2D eigenvalue weighted by Gasteiger charge is 2.78. The molecule has 1 saturated carbocycles. The molecule has 4 N–H and O–H groups in total. The van der Waals surface area contributed by atoms with Crippen LogP contribution in [0.15, 0.2) is 66.7 Å². The van der Waals surface area contributed by atoms with Crippen LogP contribution < -0.4 is 19.7 Å². The Bertz CT molecular complexity index is 1280. The van der Waals surface area contributed by atoms with E-state index in [0.29, 0.717) is 16.9 Å². The lowest BCUT2D eigenvalue weighted by atomic mass is 9.70. The predicted octanol–water partition coefficient (Wildman–Crippen LogP) is 2.34. The van der Waals surface area contributed by atoms with E-state index in [-0.39, 0.29) is 22.8 Å². The van der Waals surface area contributed by atoms with Crippen LogP contribution in [0.25, 0.3) is 0 Å². The van der Waals surface area contributed by atoms with Crippen molar-refractivity contribution in [3.8, 4) is 23.0 Å². The van der Waals surface area contributed by atoms with Gasteiger partial charge in [0.15, 0.2) is 11.2 Å². The summed E-state index contributed by atoms with van der Waals surface area (Å²) in [5.41, 5.74) is -0.237. The van der Waals surface area contributed by atoms with Gasteiger partial charge in [-0.1, -0.05) is 42.5 Å².